The molecule has 0 saturated heterocycles. The van der Waals surface area contributed by atoms with Crippen LogP contribution in [-0.2, 0) is 4.79 Å². The molecule has 0 aliphatic heterocycles. The number of nitrogens with zero attached hydrogens (tertiary/aromatic N) is 2. The van der Waals surface area contributed by atoms with Gasteiger partial charge in [0.15, 0.2) is 0 Å². The summed E-state index contributed by atoms with van der Waals surface area (Å²) in [5.74, 6) is -3.58. The van der Waals surface area contributed by atoms with Crippen molar-refractivity contribution in [2.24, 2.45) is 0 Å². The van der Waals surface area contributed by atoms with Gasteiger partial charge in [0.2, 0.25) is 0 Å². The summed E-state index contributed by atoms with van der Waals surface area (Å²) in [6, 6.07) is 7.02. The van der Waals surface area contributed by atoms with E-state index in [-0.39, 0.29) is 22.4 Å². The summed E-state index contributed by atoms with van der Waals surface area (Å²) in [4.78, 5) is 34.1. The van der Waals surface area contributed by atoms with Crippen LogP contribution in [0.1, 0.15) is 37.7 Å². The molecule has 0 aliphatic rings. The molecule has 0 radical (unpaired) electrons. The lowest BCUT2D eigenvalue weighted by Gasteiger charge is -2.15. The van der Waals surface area contributed by atoms with Crippen LogP contribution >= 0.6 is 0 Å². The highest BCUT2D eigenvalue weighted by Crippen LogP contribution is 2.24. The van der Waals surface area contributed by atoms with E-state index in [0.29, 0.717) is 17.0 Å². The number of hydrogen-bond acceptors (Lipinski definition) is 6. The molecule has 138 valence electrons. The summed E-state index contributed by atoms with van der Waals surface area (Å²) in [7, 11) is 1.41. The molecule has 0 spiro atoms. The Morgan fingerprint density at radius 1 is 1.07 bits per heavy atom. The summed E-state index contributed by atoms with van der Waals surface area (Å²) >= 11 is 0. The molecule has 1 N–H and O–H groups in total. The number of nitriles is 1. The van der Waals surface area contributed by atoms with E-state index in [1.54, 1.807) is 24.5 Å². The predicted molar refractivity (Wildman–Crippen MR) is 91.6 cm³/mol. The lowest BCUT2D eigenvalue weighted by atomic mass is 10.1. The van der Waals surface area contributed by atoms with Crippen molar-refractivity contribution in [3.05, 3.63) is 57.9 Å². The Balaban J connectivity index is 2.69. The highest BCUT2D eigenvalue weighted by molar-refractivity contribution is 6.01. The maximum Gasteiger partial charge on any atom is 0.261 e. The van der Waals surface area contributed by atoms with Crippen LogP contribution in [0.4, 0.5) is 0 Å². The number of nitrogens with one attached hydrogen (secondary N) is 1. The fourth-order valence-corrected chi connectivity index (χ4v) is 2.75. The smallest absolute Gasteiger partial charge is 0.261 e. The number of likely N-dealkylation sites (N-methyl/N-ethyl adjacent to an activating group) is 1. The highest BCUT2D eigenvalue weighted by atomic mass is 16.4. The second-order valence-electron chi connectivity index (χ2n) is 5.75. The van der Waals surface area contributed by atoms with Crippen molar-refractivity contribution in [3.8, 4) is 11.8 Å². The maximum atomic E-state index is 11.7. The summed E-state index contributed by atoms with van der Waals surface area (Å²) in [6.45, 7) is 3.42. The normalized spacial score (nSPS) is 11.0. The van der Waals surface area contributed by atoms with E-state index in [2.05, 4.69) is 5.32 Å². The second kappa shape index (κ2) is 7.58. The fourth-order valence-electron chi connectivity index (χ4n) is 2.75. The first-order valence-electron chi connectivity index (χ1n) is 7.80. The lowest BCUT2D eigenvalue weighted by Crippen LogP contribution is -2.26. The van der Waals surface area contributed by atoms with Crippen LogP contribution in [-0.4, -0.2) is 29.5 Å². The molecular formula is C19H15N3O5-2. The number of benzene rings is 1. The molecule has 0 atom stereocenters. The van der Waals surface area contributed by atoms with Gasteiger partial charge in [0.25, 0.3) is 5.91 Å². The van der Waals surface area contributed by atoms with Gasteiger partial charge in [0.05, 0.1) is 11.9 Å². The molecule has 0 saturated carbocycles. The molecule has 1 aromatic carbocycles. The van der Waals surface area contributed by atoms with Crippen LogP contribution in [0.25, 0.3) is 11.8 Å². The summed E-state index contributed by atoms with van der Waals surface area (Å²) in [5, 5.41) is 33.9. The van der Waals surface area contributed by atoms with Crippen molar-refractivity contribution in [2.45, 2.75) is 13.8 Å². The monoisotopic (exact) mass is 365 g/mol. The number of carboxylic acids is 2. The Hall–Kier alpha value is -3.86. The third kappa shape index (κ3) is 3.88. The third-order valence-corrected chi connectivity index (χ3v) is 4.01. The van der Waals surface area contributed by atoms with Crippen molar-refractivity contribution < 1.29 is 24.6 Å². The molecule has 0 bridgehead atoms. The first-order valence-corrected chi connectivity index (χ1v) is 7.80. The van der Waals surface area contributed by atoms with Crippen molar-refractivity contribution >= 4 is 23.9 Å². The van der Waals surface area contributed by atoms with Crippen molar-refractivity contribution in [3.63, 3.8) is 0 Å². The number of aryl methyl sites for hydroxylation is 1. The largest absolute Gasteiger partial charge is 0.545 e. The minimum Gasteiger partial charge on any atom is -0.545 e. The van der Waals surface area contributed by atoms with Crippen LogP contribution in [0.5, 0.6) is 0 Å². The molecule has 8 heteroatoms. The lowest BCUT2D eigenvalue weighted by molar-refractivity contribution is -0.255. The van der Waals surface area contributed by atoms with E-state index >= 15 is 0 Å². The summed E-state index contributed by atoms with van der Waals surface area (Å²) < 4.78 is 1.61. The van der Waals surface area contributed by atoms with Crippen molar-refractivity contribution in [1.82, 2.24) is 9.88 Å². The van der Waals surface area contributed by atoms with Crippen molar-refractivity contribution in [1.29, 1.82) is 5.26 Å². The zero-order valence-electron chi connectivity index (χ0n) is 14.8. The molecule has 0 unspecified atom stereocenters. The number of carbonyl (C=O) groups excluding carboxylic acids is 3. The molecular weight excluding hydrogens is 350 g/mol. The number of rotatable bonds is 5. The van der Waals surface area contributed by atoms with Crippen LogP contribution in [0.2, 0.25) is 0 Å². The quantitative estimate of drug-likeness (QED) is 0.558. The highest BCUT2D eigenvalue weighted by Gasteiger charge is 2.14. The van der Waals surface area contributed by atoms with Gasteiger partial charge in [0, 0.05) is 24.1 Å². The molecule has 1 aromatic heterocycles. The van der Waals surface area contributed by atoms with Gasteiger partial charge in [-0.05, 0) is 60.9 Å². The Morgan fingerprint density at radius 3 is 2.07 bits per heavy atom. The van der Waals surface area contributed by atoms with Gasteiger partial charge in [-0.3, -0.25) is 4.79 Å². The molecule has 2 aromatic rings. The summed E-state index contributed by atoms with van der Waals surface area (Å²) in [6.07, 6.45) is 1.40. The van der Waals surface area contributed by atoms with Gasteiger partial charge in [-0.25, -0.2) is 0 Å². The Kier molecular flexibility index (Phi) is 5.46. The van der Waals surface area contributed by atoms with E-state index in [0.717, 1.165) is 6.07 Å². The molecule has 1 heterocycles. The van der Waals surface area contributed by atoms with Gasteiger partial charge in [-0.2, -0.15) is 5.26 Å². The standard InChI is InChI=1S/C19H17N3O5/c1-10-4-12(5-15(9-20)17(23)21-3)11(2)22(10)16-7-13(18(24)25)6-14(8-16)19(26)27/h4-8H,1-3H3,(H,21,23)(H,24,25)(H,26,27)/p-2/b15-5+. The zero-order valence-corrected chi connectivity index (χ0v) is 14.8. The molecule has 2 rings (SSSR count). The van der Waals surface area contributed by atoms with E-state index in [4.69, 9.17) is 5.26 Å². The molecule has 27 heavy (non-hydrogen) atoms. The van der Waals surface area contributed by atoms with Crippen molar-refractivity contribution in [2.75, 3.05) is 7.05 Å². The number of amides is 1. The van der Waals surface area contributed by atoms with Gasteiger partial charge in [-0.1, -0.05) is 0 Å². The number of hydrogen-bond donors (Lipinski definition) is 1. The number of aromatic nitrogens is 1. The molecule has 1 amide bonds. The maximum absolute atomic E-state index is 11.7. The van der Waals surface area contributed by atoms with Crippen LogP contribution < -0.4 is 15.5 Å². The molecule has 0 aliphatic carbocycles. The van der Waals surface area contributed by atoms with E-state index in [1.165, 1.54) is 25.3 Å². The third-order valence-electron chi connectivity index (χ3n) is 4.01. The molecule has 0 fully saturated rings. The van der Waals surface area contributed by atoms with Gasteiger partial charge >= 0.3 is 0 Å². The number of carbonyl (C=O) groups is 3. The first-order chi connectivity index (χ1) is 12.7. The summed E-state index contributed by atoms with van der Waals surface area (Å²) in [5.41, 5.74) is 1.36. The van der Waals surface area contributed by atoms with Crippen LogP contribution in [0, 0.1) is 25.2 Å². The zero-order chi connectivity index (χ0) is 20.3. The number of carboxylic acid groups (broad SMARTS) is 2. The Morgan fingerprint density at radius 2 is 1.63 bits per heavy atom. The Labute approximate surface area is 155 Å². The fraction of sp³-hybridized carbons (Fsp3) is 0.158. The average Bonchev–Trinajstić information content (AvgIpc) is 2.91. The number of aromatic carboxylic acids is 2. The topological polar surface area (TPSA) is 138 Å². The SMILES string of the molecule is CNC(=O)/C(C#N)=C/c1cc(C)n(-c2cc(C(=O)[O-])cc(C(=O)[O-])c2)c1C. The predicted octanol–water partition coefficient (Wildman–Crippen LogP) is -0.526. The van der Waals surface area contributed by atoms with E-state index in [9.17, 15) is 24.6 Å². The van der Waals surface area contributed by atoms with Gasteiger partial charge in [-0.15, -0.1) is 0 Å². The minimum absolute atomic E-state index is 0.100. The second-order valence-corrected chi connectivity index (χ2v) is 5.75. The van der Waals surface area contributed by atoms with Gasteiger partial charge < -0.3 is 29.7 Å². The van der Waals surface area contributed by atoms with Crippen LogP contribution in [0.3, 0.4) is 0 Å². The van der Waals surface area contributed by atoms with E-state index in [1.807, 2.05) is 6.07 Å². The van der Waals surface area contributed by atoms with Gasteiger partial charge in [0.1, 0.15) is 11.6 Å². The first kappa shape index (κ1) is 19.5. The average molecular weight is 365 g/mol. The van der Waals surface area contributed by atoms with Crippen LogP contribution in [0.15, 0.2) is 29.8 Å². The Bertz CT molecular complexity index is 992. The minimum atomic E-state index is -1.52. The molecule has 8 nitrogen and oxygen atoms in total. The van der Waals surface area contributed by atoms with E-state index < -0.39 is 17.8 Å².